The van der Waals surface area contributed by atoms with Crippen LogP contribution in [0.25, 0.3) is 11.2 Å². The maximum atomic E-state index is 13.2. The monoisotopic (exact) mass is 374 g/mol. The minimum absolute atomic E-state index is 0.293. The Balaban J connectivity index is 1.49. The molecule has 0 fully saturated rings. The van der Waals surface area contributed by atoms with Gasteiger partial charge in [-0.2, -0.15) is 9.97 Å². The molecule has 2 N–H and O–H groups in total. The van der Waals surface area contributed by atoms with Crippen LogP contribution in [0.4, 0.5) is 21.8 Å². The standard InChI is InChI=1S/C21H19FN6/c22-16-8-10-17(11-9-16)26-20-18-19(24-14-13-23-18)27-21(28-20)25-12-4-7-15-5-2-1-3-6-15/h1-3,5-6,8-11,13-14H,4,7,12H2,(H2,24,25,26,27,28). The molecule has 2 heterocycles. The van der Waals surface area contributed by atoms with Crippen LogP contribution in [0.1, 0.15) is 12.0 Å². The van der Waals surface area contributed by atoms with Crippen LogP contribution in [0, 0.1) is 5.82 Å². The fourth-order valence-electron chi connectivity index (χ4n) is 2.84. The SMILES string of the molecule is Fc1ccc(Nc2nc(NCCCc3ccccc3)nc3nccnc23)cc1. The van der Waals surface area contributed by atoms with Crippen molar-refractivity contribution in [2.75, 3.05) is 17.2 Å². The molecule has 6 nitrogen and oxygen atoms in total. The molecule has 2 aromatic carbocycles. The van der Waals surface area contributed by atoms with E-state index in [4.69, 9.17) is 0 Å². The van der Waals surface area contributed by atoms with Gasteiger partial charge in [0, 0.05) is 24.6 Å². The van der Waals surface area contributed by atoms with E-state index in [-0.39, 0.29) is 5.82 Å². The van der Waals surface area contributed by atoms with E-state index in [1.165, 1.54) is 17.7 Å². The molecule has 140 valence electrons. The molecule has 7 heteroatoms. The number of benzene rings is 2. The van der Waals surface area contributed by atoms with E-state index in [1.54, 1.807) is 24.5 Å². The normalized spacial score (nSPS) is 10.8. The first-order valence-electron chi connectivity index (χ1n) is 9.07. The Morgan fingerprint density at radius 3 is 2.46 bits per heavy atom. The lowest BCUT2D eigenvalue weighted by Crippen LogP contribution is -2.09. The molecule has 0 aliphatic heterocycles. The number of hydrogen-bond donors (Lipinski definition) is 2. The molecule has 0 saturated carbocycles. The summed E-state index contributed by atoms with van der Waals surface area (Å²) in [4.78, 5) is 17.6. The Morgan fingerprint density at radius 2 is 1.64 bits per heavy atom. The number of rotatable bonds is 7. The number of nitrogens with one attached hydrogen (secondary N) is 2. The molecule has 0 bridgehead atoms. The Hall–Kier alpha value is -3.61. The first-order valence-corrected chi connectivity index (χ1v) is 9.07. The van der Waals surface area contributed by atoms with Gasteiger partial charge in [-0.1, -0.05) is 30.3 Å². The van der Waals surface area contributed by atoms with Gasteiger partial charge in [0.2, 0.25) is 5.95 Å². The van der Waals surface area contributed by atoms with Gasteiger partial charge in [-0.15, -0.1) is 0 Å². The smallest absolute Gasteiger partial charge is 0.226 e. The minimum Gasteiger partial charge on any atom is -0.354 e. The van der Waals surface area contributed by atoms with Gasteiger partial charge in [-0.3, -0.25) is 0 Å². The molecule has 4 aromatic rings. The molecule has 0 spiro atoms. The highest BCUT2D eigenvalue weighted by atomic mass is 19.1. The van der Waals surface area contributed by atoms with Gasteiger partial charge in [-0.05, 0) is 42.7 Å². The summed E-state index contributed by atoms with van der Waals surface area (Å²) in [5.74, 6) is 0.708. The molecule has 0 saturated heterocycles. The first-order chi connectivity index (χ1) is 13.8. The van der Waals surface area contributed by atoms with Crippen molar-refractivity contribution in [3.63, 3.8) is 0 Å². The fourth-order valence-corrected chi connectivity index (χ4v) is 2.84. The lowest BCUT2D eigenvalue weighted by molar-refractivity contribution is 0.628. The highest BCUT2D eigenvalue weighted by Crippen LogP contribution is 2.22. The van der Waals surface area contributed by atoms with Crippen molar-refractivity contribution in [2.24, 2.45) is 0 Å². The molecule has 0 unspecified atom stereocenters. The summed E-state index contributed by atoms with van der Waals surface area (Å²) in [6.07, 6.45) is 5.11. The van der Waals surface area contributed by atoms with Crippen LogP contribution in [-0.4, -0.2) is 26.5 Å². The fraction of sp³-hybridized carbons (Fsp3) is 0.143. The molecule has 0 aliphatic rings. The van der Waals surface area contributed by atoms with E-state index in [2.05, 4.69) is 42.7 Å². The molecule has 0 radical (unpaired) electrons. The topological polar surface area (TPSA) is 75.6 Å². The quantitative estimate of drug-likeness (QED) is 0.469. The summed E-state index contributed by atoms with van der Waals surface area (Å²) < 4.78 is 13.2. The third-order valence-electron chi connectivity index (χ3n) is 4.21. The second-order valence-electron chi connectivity index (χ2n) is 6.27. The lowest BCUT2D eigenvalue weighted by atomic mass is 10.1. The zero-order valence-electron chi connectivity index (χ0n) is 15.1. The molecule has 0 atom stereocenters. The van der Waals surface area contributed by atoms with Crippen molar-refractivity contribution in [2.45, 2.75) is 12.8 Å². The number of aromatic nitrogens is 4. The van der Waals surface area contributed by atoms with E-state index in [1.807, 2.05) is 18.2 Å². The maximum Gasteiger partial charge on any atom is 0.226 e. The van der Waals surface area contributed by atoms with Gasteiger partial charge in [0.25, 0.3) is 0 Å². The molecule has 28 heavy (non-hydrogen) atoms. The average molecular weight is 374 g/mol. The van der Waals surface area contributed by atoms with E-state index < -0.39 is 0 Å². The van der Waals surface area contributed by atoms with Crippen LogP contribution in [0.3, 0.4) is 0 Å². The molecule has 2 aromatic heterocycles. The Morgan fingerprint density at radius 1 is 0.857 bits per heavy atom. The third kappa shape index (κ3) is 4.37. The van der Waals surface area contributed by atoms with Crippen LogP contribution >= 0.6 is 0 Å². The number of anilines is 3. The van der Waals surface area contributed by atoms with Gasteiger partial charge in [0.05, 0.1) is 0 Å². The van der Waals surface area contributed by atoms with Gasteiger partial charge < -0.3 is 10.6 Å². The highest BCUT2D eigenvalue weighted by Gasteiger charge is 2.10. The lowest BCUT2D eigenvalue weighted by Gasteiger charge is -2.11. The van der Waals surface area contributed by atoms with Crippen LogP contribution in [0.2, 0.25) is 0 Å². The van der Waals surface area contributed by atoms with Crippen LogP contribution < -0.4 is 10.6 Å². The number of aryl methyl sites for hydroxylation is 1. The Labute approximate surface area is 161 Å². The second-order valence-corrected chi connectivity index (χ2v) is 6.27. The third-order valence-corrected chi connectivity index (χ3v) is 4.21. The molecular weight excluding hydrogens is 355 g/mol. The van der Waals surface area contributed by atoms with Crippen molar-refractivity contribution in [3.8, 4) is 0 Å². The average Bonchev–Trinajstić information content (AvgIpc) is 2.74. The predicted molar refractivity (Wildman–Crippen MR) is 108 cm³/mol. The predicted octanol–water partition coefficient (Wildman–Crippen LogP) is 4.35. The number of halogens is 1. The van der Waals surface area contributed by atoms with Crippen molar-refractivity contribution in [1.82, 2.24) is 19.9 Å². The second kappa shape index (κ2) is 8.39. The molecule has 0 aliphatic carbocycles. The van der Waals surface area contributed by atoms with Crippen molar-refractivity contribution in [1.29, 1.82) is 0 Å². The first kappa shape index (κ1) is 17.8. The van der Waals surface area contributed by atoms with E-state index in [0.717, 1.165) is 19.4 Å². The maximum absolute atomic E-state index is 13.2. The van der Waals surface area contributed by atoms with Gasteiger partial charge in [-0.25, -0.2) is 14.4 Å². The summed E-state index contributed by atoms with van der Waals surface area (Å²) in [5, 5.41) is 6.42. The van der Waals surface area contributed by atoms with Crippen LogP contribution in [0.5, 0.6) is 0 Å². The minimum atomic E-state index is -0.293. The van der Waals surface area contributed by atoms with Crippen molar-refractivity contribution in [3.05, 3.63) is 78.4 Å². The van der Waals surface area contributed by atoms with Crippen molar-refractivity contribution < 1.29 is 4.39 Å². The molecular formula is C21H19FN6. The zero-order chi connectivity index (χ0) is 19.2. The Bertz CT molecular complexity index is 1050. The number of nitrogens with zero attached hydrogens (tertiary/aromatic N) is 4. The summed E-state index contributed by atoms with van der Waals surface area (Å²) >= 11 is 0. The van der Waals surface area contributed by atoms with Crippen LogP contribution in [-0.2, 0) is 6.42 Å². The summed E-state index contributed by atoms with van der Waals surface area (Å²) in [6.45, 7) is 0.733. The molecule has 0 amide bonds. The molecule has 4 rings (SSSR count). The summed E-state index contributed by atoms with van der Waals surface area (Å²) in [6, 6.07) is 16.4. The summed E-state index contributed by atoms with van der Waals surface area (Å²) in [7, 11) is 0. The van der Waals surface area contributed by atoms with Gasteiger partial charge >= 0.3 is 0 Å². The van der Waals surface area contributed by atoms with E-state index in [9.17, 15) is 4.39 Å². The largest absolute Gasteiger partial charge is 0.354 e. The van der Waals surface area contributed by atoms with E-state index >= 15 is 0 Å². The number of fused-ring (bicyclic) bond motifs is 1. The number of hydrogen-bond acceptors (Lipinski definition) is 6. The highest BCUT2D eigenvalue weighted by molar-refractivity contribution is 5.85. The van der Waals surface area contributed by atoms with Gasteiger partial charge in [0.1, 0.15) is 5.82 Å². The summed E-state index contributed by atoms with van der Waals surface area (Å²) in [5.41, 5.74) is 3.06. The van der Waals surface area contributed by atoms with Crippen molar-refractivity contribution >= 4 is 28.6 Å². The Kier molecular flexibility index (Phi) is 5.33. The van der Waals surface area contributed by atoms with Crippen LogP contribution in [0.15, 0.2) is 67.0 Å². The van der Waals surface area contributed by atoms with E-state index in [0.29, 0.717) is 28.6 Å². The van der Waals surface area contributed by atoms with Gasteiger partial charge in [0.15, 0.2) is 17.0 Å². The zero-order valence-corrected chi connectivity index (χ0v) is 15.1.